The number of rotatable bonds is 5. The number of hydrogen-bond acceptors (Lipinski definition) is 3. The number of amides is 1. The van der Waals surface area contributed by atoms with Gasteiger partial charge in [0.25, 0.3) is 0 Å². The number of aryl methyl sites for hydroxylation is 1. The normalized spacial score (nSPS) is 12.7. The molecule has 1 aromatic heterocycles. The summed E-state index contributed by atoms with van der Waals surface area (Å²) in [5, 5.41) is 8.08. The first kappa shape index (κ1) is 19.6. The zero-order valence-electron chi connectivity index (χ0n) is 17.3. The Labute approximate surface area is 186 Å². The van der Waals surface area contributed by atoms with Gasteiger partial charge in [0.2, 0.25) is 5.91 Å². The fraction of sp³-hybridized carbons (Fsp3) is 0.154. The van der Waals surface area contributed by atoms with Crippen molar-refractivity contribution in [1.82, 2.24) is 9.78 Å². The summed E-state index contributed by atoms with van der Waals surface area (Å²) < 4.78 is 1.88. The predicted octanol–water partition coefficient (Wildman–Crippen LogP) is 5.70. The summed E-state index contributed by atoms with van der Waals surface area (Å²) in [4.78, 5) is 13.7. The van der Waals surface area contributed by atoms with E-state index in [1.807, 2.05) is 89.2 Å². The first-order chi connectivity index (χ1) is 15.2. The fourth-order valence-corrected chi connectivity index (χ4v) is 5.02. The van der Waals surface area contributed by atoms with Crippen LogP contribution in [0.3, 0.4) is 0 Å². The van der Waals surface area contributed by atoms with Crippen LogP contribution in [0.1, 0.15) is 33.9 Å². The van der Waals surface area contributed by atoms with E-state index in [2.05, 4.69) is 24.4 Å². The predicted molar refractivity (Wildman–Crippen MR) is 127 cm³/mol. The summed E-state index contributed by atoms with van der Waals surface area (Å²) in [6.07, 6.45) is 0. The maximum atomic E-state index is 13.7. The Balaban J connectivity index is 1.55. The number of thioether (sulfide) groups is 1. The van der Waals surface area contributed by atoms with Gasteiger partial charge in [0, 0.05) is 17.1 Å². The van der Waals surface area contributed by atoms with Crippen LogP contribution in [0.2, 0.25) is 0 Å². The van der Waals surface area contributed by atoms with Gasteiger partial charge < -0.3 is 5.32 Å². The van der Waals surface area contributed by atoms with Crippen molar-refractivity contribution < 1.29 is 4.79 Å². The Morgan fingerprint density at radius 3 is 2.13 bits per heavy atom. The first-order valence-electron chi connectivity index (χ1n) is 10.4. The van der Waals surface area contributed by atoms with Crippen molar-refractivity contribution in [2.45, 2.75) is 24.3 Å². The third-order valence-corrected chi connectivity index (χ3v) is 6.57. The zero-order chi connectivity index (χ0) is 21.2. The van der Waals surface area contributed by atoms with E-state index in [-0.39, 0.29) is 5.91 Å². The van der Waals surface area contributed by atoms with Gasteiger partial charge in [-0.15, -0.1) is 0 Å². The molecular formula is C26H23N3OS. The largest absolute Gasteiger partial charge is 0.309 e. The lowest BCUT2D eigenvalue weighted by Gasteiger charge is -2.19. The average Bonchev–Trinajstić information content (AvgIpc) is 3.39. The number of fused-ring (bicyclic) bond motifs is 1. The molecule has 0 saturated heterocycles. The molecule has 0 radical (unpaired) electrons. The maximum Gasteiger partial charge on any atom is 0.237 e. The van der Waals surface area contributed by atoms with E-state index in [0.29, 0.717) is 0 Å². The van der Waals surface area contributed by atoms with Gasteiger partial charge >= 0.3 is 0 Å². The second kappa shape index (κ2) is 8.44. The SMILES string of the molecule is Cc1ccc(-n2nc3c(c2NC(=O)C(c2ccccc2)c2ccccc2)CSC3)cc1. The van der Waals surface area contributed by atoms with Crippen molar-refractivity contribution in [2.24, 2.45) is 0 Å². The van der Waals surface area contributed by atoms with E-state index in [9.17, 15) is 4.79 Å². The summed E-state index contributed by atoms with van der Waals surface area (Å²) >= 11 is 1.83. The summed E-state index contributed by atoms with van der Waals surface area (Å²) in [5.74, 6) is 2.07. The molecule has 4 aromatic rings. The minimum Gasteiger partial charge on any atom is -0.309 e. The molecule has 5 rings (SSSR count). The molecule has 1 aliphatic heterocycles. The highest BCUT2D eigenvalue weighted by atomic mass is 32.2. The zero-order valence-corrected chi connectivity index (χ0v) is 18.1. The van der Waals surface area contributed by atoms with Crippen molar-refractivity contribution in [2.75, 3.05) is 5.32 Å². The van der Waals surface area contributed by atoms with Crippen LogP contribution in [0.15, 0.2) is 84.9 Å². The van der Waals surface area contributed by atoms with Crippen molar-refractivity contribution in [3.8, 4) is 5.69 Å². The number of carbonyl (C=O) groups is 1. The summed E-state index contributed by atoms with van der Waals surface area (Å²) in [6.45, 7) is 2.07. The quantitative estimate of drug-likeness (QED) is 0.446. The molecule has 0 saturated carbocycles. The van der Waals surface area contributed by atoms with Crippen molar-refractivity contribution in [3.05, 3.63) is 113 Å². The Kier molecular flexibility index (Phi) is 5.35. The van der Waals surface area contributed by atoms with E-state index in [0.717, 1.165) is 45.4 Å². The molecule has 5 heteroatoms. The van der Waals surface area contributed by atoms with E-state index in [1.165, 1.54) is 5.56 Å². The molecule has 0 spiro atoms. The lowest BCUT2D eigenvalue weighted by Crippen LogP contribution is -2.24. The van der Waals surface area contributed by atoms with Gasteiger partial charge in [-0.05, 0) is 30.2 Å². The standard InChI is InChI=1S/C26H23N3OS/c1-18-12-14-21(15-13-18)29-25(22-16-31-17-23(22)28-29)27-26(30)24(19-8-4-2-5-9-19)20-10-6-3-7-11-20/h2-15,24H,16-17H2,1H3,(H,27,30). The highest BCUT2D eigenvalue weighted by molar-refractivity contribution is 7.98. The van der Waals surface area contributed by atoms with Crippen molar-refractivity contribution in [1.29, 1.82) is 0 Å². The van der Waals surface area contributed by atoms with E-state index in [1.54, 1.807) is 0 Å². The molecule has 1 N–H and O–H groups in total. The van der Waals surface area contributed by atoms with Crippen LogP contribution in [0.25, 0.3) is 5.69 Å². The molecule has 0 bridgehead atoms. The summed E-state index contributed by atoms with van der Waals surface area (Å²) in [6, 6.07) is 28.1. The molecule has 0 atom stereocenters. The highest BCUT2D eigenvalue weighted by Crippen LogP contribution is 2.37. The third kappa shape index (κ3) is 3.89. The van der Waals surface area contributed by atoms with Gasteiger partial charge in [0.1, 0.15) is 5.82 Å². The second-order valence-electron chi connectivity index (χ2n) is 7.76. The number of nitrogens with one attached hydrogen (secondary N) is 1. The molecule has 4 nitrogen and oxygen atoms in total. The van der Waals surface area contributed by atoms with Crippen molar-refractivity contribution in [3.63, 3.8) is 0 Å². The monoisotopic (exact) mass is 425 g/mol. The Morgan fingerprint density at radius 1 is 0.903 bits per heavy atom. The molecule has 1 aliphatic rings. The second-order valence-corrected chi connectivity index (χ2v) is 8.74. The van der Waals surface area contributed by atoms with Gasteiger partial charge in [0.15, 0.2) is 0 Å². The maximum absolute atomic E-state index is 13.7. The highest BCUT2D eigenvalue weighted by Gasteiger charge is 2.28. The van der Waals surface area contributed by atoms with Gasteiger partial charge in [-0.2, -0.15) is 16.9 Å². The van der Waals surface area contributed by atoms with Crippen LogP contribution in [0.4, 0.5) is 5.82 Å². The minimum atomic E-state index is -0.395. The Morgan fingerprint density at radius 2 is 1.52 bits per heavy atom. The summed E-state index contributed by atoms with van der Waals surface area (Å²) in [5.41, 5.74) is 6.27. The topological polar surface area (TPSA) is 46.9 Å². The number of hydrogen-bond donors (Lipinski definition) is 1. The molecule has 0 aliphatic carbocycles. The van der Waals surface area contributed by atoms with Crippen LogP contribution < -0.4 is 5.32 Å². The molecular weight excluding hydrogens is 402 g/mol. The number of benzene rings is 3. The lowest BCUT2D eigenvalue weighted by atomic mass is 9.90. The number of nitrogens with zero attached hydrogens (tertiary/aromatic N) is 2. The average molecular weight is 426 g/mol. The smallest absolute Gasteiger partial charge is 0.237 e. The van der Waals surface area contributed by atoms with Crippen LogP contribution in [-0.2, 0) is 16.3 Å². The van der Waals surface area contributed by atoms with Crippen LogP contribution in [-0.4, -0.2) is 15.7 Å². The van der Waals surface area contributed by atoms with Crippen LogP contribution >= 0.6 is 11.8 Å². The number of carbonyl (C=O) groups excluding carboxylic acids is 1. The van der Waals surface area contributed by atoms with E-state index < -0.39 is 5.92 Å². The molecule has 2 heterocycles. The first-order valence-corrected chi connectivity index (χ1v) is 11.5. The fourth-order valence-electron chi connectivity index (χ4n) is 3.99. The van der Waals surface area contributed by atoms with Crippen LogP contribution in [0, 0.1) is 6.92 Å². The number of anilines is 1. The molecule has 1 amide bonds. The molecule has 154 valence electrons. The van der Waals surface area contributed by atoms with Gasteiger partial charge in [-0.25, -0.2) is 4.68 Å². The third-order valence-electron chi connectivity index (χ3n) is 5.60. The molecule has 3 aromatic carbocycles. The van der Waals surface area contributed by atoms with Crippen molar-refractivity contribution >= 4 is 23.5 Å². The lowest BCUT2D eigenvalue weighted by molar-refractivity contribution is -0.116. The van der Waals surface area contributed by atoms with Gasteiger partial charge in [-0.3, -0.25) is 4.79 Å². The van der Waals surface area contributed by atoms with Gasteiger partial charge in [0.05, 0.1) is 17.3 Å². The molecule has 31 heavy (non-hydrogen) atoms. The molecule has 0 unspecified atom stereocenters. The summed E-state index contributed by atoms with van der Waals surface area (Å²) in [7, 11) is 0. The van der Waals surface area contributed by atoms with Crippen LogP contribution in [0.5, 0.6) is 0 Å². The van der Waals surface area contributed by atoms with E-state index >= 15 is 0 Å². The van der Waals surface area contributed by atoms with E-state index in [4.69, 9.17) is 5.10 Å². The Hall–Kier alpha value is -3.31. The minimum absolute atomic E-state index is 0.0506. The van der Waals surface area contributed by atoms with Gasteiger partial charge in [-0.1, -0.05) is 78.4 Å². The number of aromatic nitrogens is 2. The molecule has 0 fully saturated rings. The Bertz CT molecular complexity index is 1160.